The molecule has 78 valence electrons. The summed E-state index contributed by atoms with van der Waals surface area (Å²) in [5.74, 6) is -0.610. The highest BCUT2D eigenvalue weighted by molar-refractivity contribution is 6.17. The molecule has 1 aromatic carbocycles. The quantitative estimate of drug-likeness (QED) is 0.639. The standard InChI is InChI=1S/C11H11NO3/c1-8-4-2-3-5-9(8)12-10(13)6-15-7-11(12)14/h2-5H,6-7H2,1H3. The zero-order valence-electron chi connectivity index (χ0n) is 8.40. The van der Waals surface area contributed by atoms with Gasteiger partial charge in [-0.2, -0.15) is 0 Å². The van der Waals surface area contributed by atoms with Gasteiger partial charge in [0.25, 0.3) is 11.8 Å². The van der Waals surface area contributed by atoms with Gasteiger partial charge in [-0.3, -0.25) is 9.59 Å². The molecule has 1 saturated heterocycles. The van der Waals surface area contributed by atoms with Crippen LogP contribution >= 0.6 is 0 Å². The first-order chi connectivity index (χ1) is 7.20. The van der Waals surface area contributed by atoms with Gasteiger partial charge in [-0.1, -0.05) is 18.2 Å². The van der Waals surface area contributed by atoms with Crippen LogP contribution in [0.4, 0.5) is 5.69 Å². The van der Waals surface area contributed by atoms with E-state index in [-0.39, 0.29) is 25.0 Å². The van der Waals surface area contributed by atoms with Gasteiger partial charge in [0, 0.05) is 0 Å². The molecule has 0 aromatic heterocycles. The molecule has 0 aliphatic carbocycles. The molecule has 0 bridgehead atoms. The van der Waals surface area contributed by atoms with Gasteiger partial charge in [0.05, 0.1) is 5.69 Å². The van der Waals surface area contributed by atoms with Crippen molar-refractivity contribution in [2.24, 2.45) is 0 Å². The van der Waals surface area contributed by atoms with E-state index in [2.05, 4.69) is 0 Å². The largest absolute Gasteiger partial charge is 0.362 e. The fourth-order valence-electron chi connectivity index (χ4n) is 1.58. The molecule has 0 radical (unpaired) electrons. The zero-order valence-corrected chi connectivity index (χ0v) is 8.40. The van der Waals surface area contributed by atoms with Crippen molar-refractivity contribution in [2.45, 2.75) is 6.92 Å². The van der Waals surface area contributed by atoms with E-state index in [0.29, 0.717) is 5.69 Å². The summed E-state index contributed by atoms with van der Waals surface area (Å²) in [6, 6.07) is 7.30. The van der Waals surface area contributed by atoms with Crippen molar-refractivity contribution in [3.8, 4) is 0 Å². The number of imide groups is 1. The van der Waals surface area contributed by atoms with Crippen LogP contribution in [0.3, 0.4) is 0 Å². The first-order valence-electron chi connectivity index (χ1n) is 4.69. The fourth-order valence-corrected chi connectivity index (χ4v) is 1.58. The predicted molar refractivity (Wildman–Crippen MR) is 54.5 cm³/mol. The van der Waals surface area contributed by atoms with Crippen LogP contribution in [0.2, 0.25) is 0 Å². The third kappa shape index (κ3) is 1.76. The molecule has 1 heterocycles. The Kier molecular flexibility index (Phi) is 2.51. The summed E-state index contributed by atoms with van der Waals surface area (Å²) in [7, 11) is 0. The smallest absolute Gasteiger partial charge is 0.259 e. The van der Waals surface area contributed by atoms with E-state index in [0.717, 1.165) is 5.56 Å². The third-order valence-electron chi connectivity index (χ3n) is 2.31. The molecule has 4 heteroatoms. The molecular formula is C11H11NO3. The second-order valence-electron chi connectivity index (χ2n) is 3.40. The molecule has 1 aromatic rings. The van der Waals surface area contributed by atoms with Crippen molar-refractivity contribution in [1.82, 2.24) is 0 Å². The number of hydrogen-bond donors (Lipinski definition) is 0. The number of anilines is 1. The summed E-state index contributed by atoms with van der Waals surface area (Å²) in [4.78, 5) is 24.3. The lowest BCUT2D eigenvalue weighted by molar-refractivity contribution is -0.138. The molecule has 0 saturated carbocycles. The summed E-state index contributed by atoms with van der Waals surface area (Å²) < 4.78 is 4.84. The molecule has 0 unspecified atom stereocenters. The number of carbonyl (C=O) groups is 2. The van der Waals surface area contributed by atoms with E-state index in [4.69, 9.17) is 4.74 Å². The van der Waals surface area contributed by atoms with Gasteiger partial charge in [-0.15, -0.1) is 0 Å². The maximum absolute atomic E-state index is 11.5. The van der Waals surface area contributed by atoms with Crippen molar-refractivity contribution in [2.75, 3.05) is 18.1 Å². The highest BCUT2D eigenvalue weighted by atomic mass is 16.5. The monoisotopic (exact) mass is 205 g/mol. The van der Waals surface area contributed by atoms with Crippen LogP contribution in [0.25, 0.3) is 0 Å². The Labute approximate surface area is 87.4 Å². The molecular weight excluding hydrogens is 194 g/mol. The summed E-state index contributed by atoms with van der Waals surface area (Å²) in [5.41, 5.74) is 1.55. The van der Waals surface area contributed by atoms with Crippen molar-refractivity contribution in [1.29, 1.82) is 0 Å². The summed E-state index contributed by atoms with van der Waals surface area (Å²) in [6.45, 7) is 1.81. The maximum Gasteiger partial charge on any atom is 0.259 e. The molecule has 2 rings (SSSR count). The van der Waals surface area contributed by atoms with E-state index in [1.165, 1.54) is 4.90 Å². The molecule has 0 N–H and O–H groups in total. The van der Waals surface area contributed by atoms with E-state index >= 15 is 0 Å². The van der Waals surface area contributed by atoms with Gasteiger partial charge < -0.3 is 4.74 Å². The molecule has 0 spiro atoms. The number of rotatable bonds is 1. The molecule has 1 aliphatic heterocycles. The van der Waals surface area contributed by atoms with Gasteiger partial charge >= 0.3 is 0 Å². The van der Waals surface area contributed by atoms with Crippen LogP contribution in [0, 0.1) is 6.92 Å². The first kappa shape index (κ1) is 9.86. The molecule has 0 atom stereocenters. The number of morpholine rings is 1. The Balaban J connectivity index is 2.40. The molecule has 1 aliphatic rings. The van der Waals surface area contributed by atoms with Crippen molar-refractivity contribution in [3.05, 3.63) is 29.8 Å². The summed E-state index contributed by atoms with van der Waals surface area (Å²) in [6.07, 6.45) is 0. The molecule has 4 nitrogen and oxygen atoms in total. The highest BCUT2D eigenvalue weighted by Gasteiger charge is 2.28. The summed E-state index contributed by atoms with van der Waals surface area (Å²) >= 11 is 0. The van der Waals surface area contributed by atoms with E-state index in [1.54, 1.807) is 12.1 Å². The van der Waals surface area contributed by atoms with Crippen LogP contribution in [0.1, 0.15) is 5.56 Å². The lowest BCUT2D eigenvalue weighted by Gasteiger charge is -2.26. The Morgan fingerprint density at radius 3 is 2.33 bits per heavy atom. The summed E-state index contributed by atoms with van der Waals surface area (Å²) in [5, 5.41) is 0. The number of nitrogens with zero attached hydrogens (tertiary/aromatic N) is 1. The average molecular weight is 205 g/mol. The minimum absolute atomic E-state index is 0.0277. The number of carbonyl (C=O) groups excluding carboxylic acids is 2. The van der Waals surface area contributed by atoms with Gasteiger partial charge in [0.1, 0.15) is 13.2 Å². The topological polar surface area (TPSA) is 46.6 Å². The van der Waals surface area contributed by atoms with Crippen LogP contribution in [0.5, 0.6) is 0 Å². The number of para-hydroxylation sites is 1. The highest BCUT2D eigenvalue weighted by Crippen LogP contribution is 2.21. The first-order valence-corrected chi connectivity index (χ1v) is 4.69. The fraction of sp³-hybridized carbons (Fsp3) is 0.273. The SMILES string of the molecule is Cc1ccccc1N1C(=O)COCC1=O. The van der Waals surface area contributed by atoms with Crippen molar-refractivity contribution < 1.29 is 14.3 Å². The van der Waals surface area contributed by atoms with Gasteiger partial charge in [0.15, 0.2) is 0 Å². The predicted octanol–water partition coefficient (Wildman–Crippen LogP) is 0.885. The maximum atomic E-state index is 11.5. The van der Waals surface area contributed by atoms with Crippen LogP contribution in [0.15, 0.2) is 24.3 Å². The number of ether oxygens (including phenoxy) is 1. The van der Waals surface area contributed by atoms with E-state index in [9.17, 15) is 9.59 Å². The number of hydrogen-bond acceptors (Lipinski definition) is 3. The van der Waals surface area contributed by atoms with Gasteiger partial charge in [-0.05, 0) is 18.6 Å². The Bertz CT molecular complexity index is 398. The van der Waals surface area contributed by atoms with Crippen LogP contribution in [-0.4, -0.2) is 25.0 Å². The molecule has 15 heavy (non-hydrogen) atoms. The van der Waals surface area contributed by atoms with Crippen molar-refractivity contribution >= 4 is 17.5 Å². The Morgan fingerprint density at radius 2 is 1.73 bits per heavy atom. The minimum Gasteiger partial charge on any atom is -0.362 e. The lowest BCUT2D eigenvalue weighted by Crippen LogP contribution is -2.46. The number of amides is 2. The van der Waals surface area contributed by atoms with E-state index < -0.39 is 0 Å². The van der Waals surface area contributed by atoms with Gasteiger partial charge in [0.2, 0.25) is 0 Å². The van der Waals surface area contributed by atoms with Gasteiger partial charge in [-0.25, -0.2) is 4.90 Å². The third-order valence-corrected chi connectivity index (χ3v) is 2.31. The molecule has 2 amide bonds. The number of aryl methyl sites for hydroxylation is 1. The second-order valence-corrected chi connectivity index (χ2v) is 3.40. The Morgan fingerprint density at radius 1 is 1.13 bits per heavy atom. The van der Waals surface area contributed by atoms with Crippen LogP contribution < -0.4 is 4.90 Å². The number of benzene rings is 1. The lowest BCUT2D eigenvalue weighted by atomic mass is 10.1. The zero-order chi connectivity index (χ0) is 10.8. The van der Waals surface area contributed by atoms with Crippen molar-refractivity contribution in [3.63, 3.8) is 0 Å². The van der Waals surface area contributed by atoms with E-state index in [1.807, 2.05) is 19.1 Å². The Hall–Kier alpha value is -1.68. The normalized spacial score (nSPS) is 17.0. The second kappa shape index (κ2) is 3.82. The molecule has 1 fully saturated rings. The minimum atomic E-state index is -0.305. The van der Waals surface area contributed by atoms with Crippen LogP contribution in [-0.2, 0) is 14.3 Å². The average Bonchev–Trinajstić information content (AvgIpc) is 2.20.